The van der Waals surface area contributed by atoms with Crippen molar-refractivity contribution in [3.8, 4) is 0 Å². The van der Waals surface area contributed by atoms with Crippen LogP contribution < -0.4 is 5.73 Å². The predicted octanol–water partition coefficient (Wildman–Crippen LogP) is 1.27. The van der Waals surface area contributed by atoms with Crippen LogP contribution >= 0.6 is 0 Å². The number of nitrogens with zero attached hydrogens (tertiary/aromatic N) is 3. The Balaban J connectivity index is 2.10. The minimum atomic E-state index is 0.227. The molecule has 4 heteroatoms. The van der Waals surface area contributed by atoms with E-state index in [2.05, 4.69) is 35.6 Å². The van der Waals surface area contributed by atoms with Gasteiger partial charge < -0.3 is 15.5 Å². The summed E-state index contributed by atoms with van der Waals surface area (Å²) in [6, 6.07) is 0.509. The van der Waals surface area contributed by atoms with Crippen LogP contribution in [-0.2, 0) is 0 Å². The first kappa shape index (κ1) is 12.7. The zero-order valence-electron chi connectivity index (χ0n) is 11.4. The van der Waals surface area contributed by atoms with Crippen molar-refractivity contribution >= 4 is 5.96 Å². The lowest BCUT2D eigenvalue weighted by molar-refractivity contribution is 0.0668. The fraction of sp³-hybridized carbons (Fsp3) is 0.923. The van der Waals surface area contributed by atoms with Gasteiger partial charge in [-0.1, -0.05) is 13.8 Å². The number of piperidine rings is 1. The van der Waals surface area contributed by atoms with E-state index in [0.29, 0.717) is 6.04 Å². The topological polar surface area (TPSA) is 44.9 Å². The van der Waals surface area contributed by atoms with Crippen molar-refractivity contribution in [3.63, 3.8) is 0 Å². The molecule has 4 nitrogen and oxygen atoms in total. The average Bonchev–Trinajstić information content (AvgIpc) is 2.67. The fourth-order valence-corrected chi connectivity index (χ4v) is 3.18. The van der Waals surface area contributed by atoms with Crippen LogP contribution in [0.15, 0.2) is 4.99 Å². The second-order valence-electron chi connectivity index (χ2n) is 5.46. The van der Waals surface area contributed by atoms with Crippen LogP contribution in [0.4, 0.5) is 0 Å². The SMILES string of the molecule is CCC(C)N1C(N)=NCC12CCN(CC)CC2. The number of rotatable bonds is 3. The summed E-state index contributed by atoms with van der Waals surface area (Å²) in [7, 11) is 0. The second-order valence-corrected chi connectivity index (χ2v) is 5.46. The first-order chi connectivity index (χ1) is 8.13. The summed E-state index contributed by atoms with van der Waals surface area (Å²) in [6.45, 7) is 11.2. The summed E-state index contributed by atoms with van der Waals surface area (Å²) < 4.78 is 0. The molecule has 1 saturated heterocycles. The third-order valence-corrected chi connectivity index (χ3v) is 4.56. The quantitative estimate of drug-likeness (QED) is 0.805. The number of likely N-dealkylation sites (tertiary alicyclic amines) is 1. The molecule has 2 N–H and O–H groups in total. The van der Waals surface area contributed by atoms with E-state index in [0.717, 1.165) is 25.5 Å². The van der Waals surface area contributed by atoms with Crippen molar-refractivity contribution < 1.29 is 0 Å². The van der Waals surface area contributed by atoms with E-state index >= 15 is 0 Å². The molecular weight excluding hydrogens is 212 g/mol. The van der Waals surface area contributed by atoms with Gasteiger partial charge in [0, 0.05) is 19.1 Å². The summed E-state index contributed by atoms with van der Waals surface area (Å²) >= 11 is 0. The number of nitrogens with two attached hydrogens (primary N) is 1. The van der Waals surface area contributed by atoms with E-state index in [-0.39, 0.29) is 5.54 Å². The Hall–Kier alpha value is -0.770. The molecule has 17 heavy (non-hydrogen) atoms. The van der Waals surface area contributed by atoms with Crippen LogP contribution in [0.2, 0.25) is 0 Å². The van der Waals surface area contributed by atoms with Crippen LogP contribution in [0.3, 0.4) is 0 Å². The van der Waals surface area contributed by atoms with Crippen LogP contribution in [0.1, 0.15) is 40.0 Å². The van der Waals surface area contributed by atoms with E-state index in [4.69, 9.17) is 5.73 Å². The third-order valence-electron chi connectivity index (χ3n) is 4.56. The minimum absolute atomic E-state index is 0.227. The van der Waals surface area contributed by atoms with E-state index in [1.54, 1.807) is 0 Å². The first-order valence-electron chi connectivity index (χ1n) is 6.94. The maximum absolute atomic E-state index is 6.09. The van der Waals surface area contributed by atoms with Crippen LogP contribution in [0.25, 0.3) is 0 Å². The summed E-state index contributed by atoms with van der Waals surface area (Å²) in [5.74, 6) is 0.768. The molecule has 0 aromatic heterocycles. The normalized spacial score (nSPS) is 26.3. The van der Waals surface area contributed by atoms with Crippen molar-refractivity contribution in [1.82, 2.24) is 9.80 Å². The summed E-state index contributed by atoms with van der Waals surface area (Å²) in [5.41, 5.74) is 6.32. The van der Waals surface area contributed by atoms with E-state index < -0.39 is 0 Å². The van der Waals surface area contributed by atoms with Gasteiger partial charge in [0.25, 0.3) is 0 Å². The monoisotopic (exact) mass is 238 g/mol. The molecule has 0 aromatic carbocycles. The van der Waals surface area contributed by atoms with Crippen LogP contribution in [0.5, 0.6) is 0 Å². The van der Waals surface area contributed by atoms with Gasteiger partial charge in [-0.3, -0.25) is 4.99 Å². The molecule has 0 amide bonds. The van der Waals surface area contributed by atoms with Crippen molar-refractivity contribution in [2.45, 2.75) is 51.6 Å². The highest BCUT2D eigenvalue weighted by molar-refractivity contribution is 5.81. The molecule has 2 heterocycles. The number of aliphatic imine (C=N–C) groups is 1. The third kappa shape index (κ3) is 2.15. The molecule has 2 aliphatic rings. The van der Waals surface area contributed by atoms with Gasteiger partial charge in [-0.15, -0.1) is 0 Å². The number of hydrogen-bond donors (Lipinski definition) is 1. The van der Waals surface area contributed by atoms with Crippen molar-refractivity contribution in [3.05, 3.63) is 0 Å². The number of hydrogen-bond acceptors (Lipinski definition) is 4. The average molecular weight is 238 g/mol. The Morgan fingerprint density at radius 1 is 1.35 bits per heavy atom. The van der Waals surface area contributed by atoms with Gasteiger partial charge in [0.1, 0.15) is 0 Å². The molecule has 2 aliphatic heterocycles. The summed E-state index contributed by atoms with van der Waals surface area (Å²) in [5, 5.41) is 0. The lowest BCUT2D eigenvalue weighted by atomic mass is 9.85. The van der Waals surface area contributed by atoms with E-state index in [9.17, 15) is 0 Å². The van der Waals surface area contributed by atoms with Gasteiger partial charge in [0.05, 0.1) is 12.1 Å². The molecule has 2 rings (SSSR count). The Labute approximate surface area is 105 Å². The number of guanidine groups is 1. The maximum atomic E-state index is 6.09. The predicted molar refractivity (Wildman–Crippen MR) is 72.2 cm³/mol. The van der Waals surface area contributed by atoms with Gasteiger partial charge in [0.2, 0.25) is 0 Å². The molecule has 0 saturated carbocycles. The highest BCUT2D eigenvalue weighted by Crippen LogP contribution is 2.34. The summed E-state index contributed by atoms with van der Waals surface area (Å²) in [6.07, 6.45) is 3.54. The first-order valence-corrected chi connectivity index (χ1v) is 6.94. The van der Waals surface area contributed by atoms with E-state index in [1.807, 2.05) is 0 Å². The van der Waals surface area contributed by atoms with Crippen LogP contribution in [0, 0.1) is 0 Å². The molecule has 1 atom stereocenters. The van der Waals surface area contributed by atoms with Gasteiger partial charge >= 0.3 is 0 Å². The standard InChI is InChI=1S/C13H26N4/c1-4-11(3)17-12(14)15-10-13(17)6-8-16(5-2)9-7-13/h11H,4-10H2,1-3H3,(H2,14,15). The second kappa shape index (κ2) is 4.84. The Morgan fingerprint density at radius 3 is 2.53 bits per heavy atom. The van der Waals surface area contributed by atoms with Crippen LogP contribution in [-0.4, -0.2) is 53.5 Å². The molecule has 0 radical (unpaired) electrons. The molecule has 0 bridgehead atoms. The molecule has 0 aromatic rings. The molecule has 1 unspecified atom stereocenters. The van der Waals surface area contributed by atoms with Crippen molar-refractivity contribution in [2.24, 2.45) is 10.7 Å². The highest BCUT2D eigenvalue weighted by atomic mass is 15.4. The minimum Gasteiger partial charge on any atom is -0.370 e. The largest absolute Gasteiger partial charge is 0.370 e. The van der Waals surface area contributed by atoms with Gasteiger partial charge in [-0.05, 0) is 32.7 Å². The lowest BCUT2D eigenvalue weighted by Crippen LogP contribution is -2.59. The smallest absolute Gasteiger partial charge is 0.192 e. The van der Waals surface area contributed by atoms with Crippen molar-refractivity contribution in [2.75, 3.05) is 26.2 Å². The molecule has 1 spiro atoms. The van der Waals surface area contributed by atoms with E-state index in [1.165, 1.54) is 25.9 Å². The van der Waals surface area contributed by atoms with Gasteiger partial charge in [-0.25, -0.2) is 0 Å². The summed E-state index contributed by atoms with van der Waals surface area (Å²) in [4.78, 5) is 9.44. The lowest BCUT2D eigenvalue weighted by Gasteiger charge is -2.47. The zero-order chi connectivity index (χ0) is 12.5. The Morgan fingerprint density at radius 2 is 2.00 bits per heavy atom. The van der Waals surface area contributed by atoms with Crippen molar-refractivity contribution in [1.29, 1.82) is 0 Å². The molecule has 0 aliphatic carbocycles. The maximum Gasteiger partial charge on any atom is 0.192 e. The Bertz CT molecular complexity index is 292. The Kier molecular flexibility index (Phi) is 3.61. The van der Waals surface area contributed by atoms with Gasteiger partial charge in [0.15, 0.2) is 5.96 Å². The highest BCUT2D eigenvalue weighted by Gasteiger charge is 2.45. The van der Waals surface area contributed by atoms with Gasteiger partial charge in [-0.2, -0.15) is 0 Å². The molecule has 98 valence electrons. The fourth-order valence-electron chi connectivity index (χ4n) is 3.18. The zero-order valence-corrected chi connectivity index (χ0v) is 11.4. The molecule has 1 fully saturated rings. The molecular formula is C13H26N4.